The number of benzene rings is 1. The average Bonchev–Trinajstić information content (AvgIpc) is 3.21. The molecule has 33 heavy (non-hydrogen) atoms. The third-order valence-electron chi connectivity index (χ3n) is 4.47. The van der Waals surface area contributed by atoms with Gasteiger partial charge in [-0.2, -0.15) is 18.3 Å². The van der Waals surface area contributed by atoms with Crippen molar-refractivity contribution in [1.82, 2.24) is 19.7 Å². The molecule has 0 saturated heterocycles. The minimum Gasteiger partial charge on any atom is -0.364 e. The van der Waals surface area contributed by atoms with Gasteiger partial charge in [0.25, 0.3) is 11.8 Å². The molecule has 0 bridgehead atoms. The molecular formula is C20H11Cl2F3N6O2. The average molecular weight is 495 g/mol. The molecule has 0 fully saturated rings. The summed E-state index contributed by atoms with van der Waals surface area (Å²) in [6.07, 6.45) is -3.59. The van der Waals surface area contributed by atoms with Crippen molar-refractivity contribution >= 4 is 51.6 Å². The van der Waals surface area contributed by atoms with Crippen molar-refractivity contribution < 1.29 is 22.8 Å². The van der Waals surface area contributed by atoms with Crippen molar-refractivity contribution in [3.63, 3.8) is 0 Å². The van der Waals surface area contributed by atoms with Gasteiger partial charge in [-0.3, -0.25) is 9.59 Å². The van der Waals surface area contributed by atoms with Crippen LogP contribution in [0.1, 0.15) is 26.7 Å². The number of amides is 2. The first-order chi connectivity index (χ1) is 15.6. The highest BCUT2D eigenvalue weighted by molar-refractivity contribution is 6.39. The Morgan fingerprint density at radius 3 is 2.48 bits per heavy atom. The standard InChI is InChI=1S/C20H11Cl2F3N6O2/c21-10-5-3-7-27-18(10)31-12(8-13(30-31)20(23,24)25)19(33)29-15-14(22)9-4-1-2-6-11(9)28-16(15)17(26)32/h1-8H,(H2,26,32)(H,29,33). The van der Waals surface area contributed by atoms with E-state index in [4.69, 9.17) is 28.9 Å². The van der Waals surface area contributed by atoms with Crippen LogP contribution in [0.5, 0.6) is 0 Å². The van der Waals surface area contributed by atoms with Gasteiger partial charge in [-0.05, 0) is 18.2 Å². The first-order valence-electron chi connectivity index (χ1n) is 9.05. The number of hydrogen-bond acceptors (Lipinski definition) is 5. The van der Waals surface area contributed by atoms with E-state index in [1.807, 2.05) is 0 Å². The first kappa shape index (κ1) is 22.5. The maximum atomic E-state index is 13.3. The largest absolute Gasteiger partial charge is 0.435 e. The Morgan fingerprint density at radius 2 is 1.82 bits per heavy atom. The van der Waals surface area contributed by atoms with E-state index < -0.39 is 29.4 Å². The van der Waals surface area contributed by atoms with Crippen molar-refractivity contribution in [3.05, 3.63) is 75.8 Å². The molecule has 0 unspecified atom stereocenters. The number of fused-ring (bicyclic) bond motifs is 1. The Bertz CT molecular complexity index is 1420. The molecule has 4 aromatic rings. The monoisotopic (exact) mass is 494 g/mol. The minimum atomic E-state index is -4.86. The number of pyridine rings is 2. The number of nitrogens with two attached hydrogens (primary N) is 1. The van der Waals surface area contributed by atoms with Crippen molar-refractivity contribution in [2.45, 2.75) is 6.18 Å². The Morgan fingerprint density at radius 1 is 1.09 bits per heavy atom. The molecule has 1 aromatic carbocycles. The van der Waals surface area contributed by atoms with E-state index in [9.17, 15) is 22.8 Å². The highest BCUT2D eigenvalue weighted by Crippen LogP contribution is 2.34. The molecule has 2 amide bonds. The fourth-order valence-corrected chi connectivity index (χ4v) is 3.52. The van der Waals surface area contributed by atoms with Crippen molar-refractivity contribution in [2.24, 2.45) is 5.73 Å². The summed E-state index contributed by atoms with van der Waals surface area (Å²) in [7, 11) is 0. The van der Waals surface area contributed by atoms with Crippen LogP contribution in [0.25, 0.3) is 16.7 Å². The summed E-state index contributed by atoms with van der Waals surface area (Å²) >= 11 is 12.4. The summed E-state index contributed by atoms with van der Waals surface area (Å²) in [5.74, 6) is -2.30. The van der Waals surface area contributed by atoms with E-state index in [2.05, 4.69) is 20.4 Å². The second kappa shape index (κ2) is 8.34. The van der Waals surface area contributed by atoms with Crippen LogP contribution in [0.2, 0.25) is 10.0 Å². The molecule has 0 aliphatic carbocycles. The second-order valence-corrected chi connectivity index (χ2v) is 7.40. The number of primary amides is 1. The summed E-state index contributed by atoms with van der Waals surface area (Å²) in [6, 6.07) is 9.82. The third kappa shape index (κ3) is 4.20. The quantitative estimate of drug-likeness (QED) is 0.433. The van der Waals surface area contributed by atoms with Crippen LogP contribution in [-0.4, -0.2) is 31.6 Å². The van der Waals surface area contributed by atoms with Crippen LogP contribution in [0.4, 0.5) is 18.9 Å². The second-order valence-electron chi connectivity index (χ2n) is 6.62. The number of nitrogens with one attached hydrogen (secondary N) is 1. The lowest BCUT2D eigenvalue weighted by Crippen LogP contribution is -2.22. The number of anilines is 1. The van der Waals surface area contributed by atoms with E-state index >= 15 is 0 Å². The smallest absolute Gasteiger partial charge is 0.364 e. The number of alkyl halides is 3. The Kier molecular flexibility index (Phi) is 5.68. The molecule has 3 N–H and O–H groups in total. The molecule has 13 heteroatoms. The summed E-state index contributed by atoms with van der Waals surface area (Å²) in [5.41, 5.74) is 3.16. The number of carbonyl (C=O) groups excluding carboxylic acids is 2. The van der Waals surface area contributed by atoms with Gasteiger partial charge in [0.15, 0.2) is 17.2 Å². The number of rotatable bonds is 4. The van der Waals surface area contributed by atoms with Crippen molar-refractivity contribution in [2.75, 3.05) is 5.32 Å². The van der Waals surface area contributed by atoms with Crippen molar-refractivity contribution in [1.29, 1.82) is 0 Å². The normalized spacial score (nSPS) is 11.5. The van der Waals surface area contributed by atoms with Crippen LogP contribution in [0.3, 0.4) is 0 Å². The Hall–Kier alpha value is -3.70. The zero-order valence-corrected chi connectivity index (χ0v) is 17.7. The van der Waals surface area contributed by atoms with E-state index in [1.54, 1.807) is 24.3 Å². The number of nitrogens with zero attached hydrogens (tertiary/aromatic N) is 4. The SMILES string of the molecule is NC(=O)c1nc2ccccc2c(Cl)c1NC(=O)c1cc(C(F)(F)F)nn1-c1ncccc1Cl. The lowest BCUT2D eigenvalue weighted by Gasteiger charge is -2.13. The van der Waals surface area contributed by atoms with Gasteiger partial charge in [-0.25, -0.2) is 14.6 Å². The molecule has 0 aliphatic rings. The van der Waals surface area contributed by atoms with E-state index in [0.717, 1.165) is 0 Å². The number of aromatic nitrogens is 4. The fourth-order valence-electron chi connectivity index (χ4n) is 3.02. The molecule has 0 radical (unpaired) electrons. The number of para-hydroxylation sites is 1. The Labute approximate surface area is 193 Å². The van der Waals surface area contributed by atoms with Crippen LogP contribution >= 0.6 is 23.2 Å². The summed E-state index contributed by atoms with van der Waals surface area (Å²) in [6.45, 7) is 0. The van der Waals surface area contributed by atoms with Crippen molar-refractivity contribution in [3.8, 4) is 5.82 Å². The zero-order valence-electron chi connectivity index (χ0n) is 16.2. The number of carbonyl (C=O) groups is 2. The Balaban J connectivity index is 1.86. The number of halogens is 5. The maximum Gasteiger partial charge on any atom is 0.435 e. The van der Waals surface area contributed by atoms with Gasteiger partial charge in [0.2, 0.25) is 0 Å². The summed E-state index contributed by atoms with van der Waals surface area (Å²) in [5, 5.41) is 6.05. The molecular weight excluding hydrogens is 484 g/mol. The molecule has 0 atom stereocenters. The van der Waals surface area contributed by atoms with Crippen LogP contribution in [-0.2, 0) is 6.18 Å². The molecule has 3 aromatic heterocycles. The number of hydrogen-bond donors (Lipinski definition) is 2. The molecule has 0 aliphatic heterocycles. The van der Waals surface area contributed by atoms with E-state index in [0.29, 0.717) is 21.7 Å². The highest BCUT2D eigenvalue weighted by atomic mass is 35.5. The third-order valence-corrected chi connectivity index (χ3v) is 5.16. The molecule has 4 rings (SSSR count). The van der Waals surface area contributed by atoms with Crippen LogP contribution in [0.15, 0.2) is 48.7 Å². The fraction of sp³-hybridized carbons (Fsp3) is 0.0500. The van der Waals surface area contributed by atoms with Gasteiger partial charge in [0.05, 0.1) is 21.2 Å². The van der Waals surface area contributed by atoms with Gasteiger partial charge < -0.3 is 11.1 Å². The maximum absolute atomic E-state index is 13.3. The van der Waals surface area contributed by atoms with Gasteiger partial charge >= 0.3 is 6.18 Å². The lowest BCUT2D eigenvalue weighted by atomic mass is 10.1. The minimum absolute atomic E-state index is 0.0494. The van der Waals surface area contributed by atoms with Gasteiger partial charge in [-0.15, -0.1) is 0 Å². The first-order valence-corrected chi connectivity index (χ1v) is 9.81. The molecule has 0 spiro atoms. The lowest BCUT2D eigenvalue weighted by molar-refractivity contribution is -0.141. The van der Waals surface area contributed by atoms with Gasteiger partial charge in [0, 0.05) is 17.6 Å². The highest BCUT2D eigenvalue weighted by Gasteiger charge is 2.37. The predicted octanol–water partition coefficient (Wildman–Crippen LogP) is 4.49. The molecule has 8 nitrogen and oxygen atoms in total. The van der Waals surface area contributed by atoms with E-state index in [1.165, 1.54) is 18.3 Å². The zero-order chi connectivity index (χ0) is 23.9. The molecule has 168 valence electrons. The van der Waals surface area contributed by atoms with Gasteiger partial charge in [0.1, 0.15) is 5.69 Å². The van der Waals surface area contributed by atoms with Crippen LogP contribution in [0, 0.1) is 0 Å². The topological polar surface area (TPSA) is 116 Å². The van der Waals surface area contributed by atoms with Crippen LogP contribution < -0.4 is 11.1 Å². The van der Waals surface area contributed by atoms with E-state index in [-0.39, 0.29) is 27.2 Å². The summed E-state index contributed by atoms with van der Waals surface area (Å²) < 4.78 is 40.7. The predicted molar refractivity (Wildman–Crippen MR) is 115 cm³/mol. The summed E-state index contributed by atoms with van der Waals surface area (Å²) in [4.78, 5) is 33.1. The molecule has 3 heterocycles. The molecule has 0 saturated carbocycles. The van der Waals surface area contributed by atoms with Gasteiger partial charge in [-0.1, -0.05) is 41.4 Å².